The second-order valence-electron chi connectivity index (χ2n) is 3.82. The number of halogens is 2. The Morgan fingerprint density at radius 3 is 2.42 bits per heavy atom. The minimum atomic E-state index is -3.63. The SMILES string of the molecule is CNc1ccc(Cl)cc1S(=O)(=O)c1ccccc1Br. The second kappa shape index (κ2) is 5.53. The van der Waals surface area contributed by atoms with Gasteiger partial charge in [0.05, 0.1) is 15.5 Å². The van der Waals surface area contributed by atoms with Crippen LogP contribution in [0.3, 0.4) is 0 Å². The van der Waals surface area contributed by atoms with Crippen LogP contribution >= 0.6 is 27.5 Å². The molecule has 2 rings (SSSR count). The van der Waals surface area contributed by atoms with Crippen LogP contribution in [0.2, 0.25) is 5.02 Å². The third-order valence-corrected chi connectivity index (χ3v) is 5.67. The molecular formula is C13H11BrClNO2S. The molecule has 0 aliphatic carbocycles. The van der Waals surface area contributed by atoms with E-state index in [9.17, 15) is 8.42 Å². The third-order valence-electron chi connectivity index (χ3n) is 2.63. The summed E-state index contributed by atoms with van der Waals surface area (Å²) >= 11 is 9.16. The quantitative estimate of drug-likeness (QED) is 0.900. The topological polar surface area (TPSA) is 46.2 Å². The van der Waals surface area contributed by atoms with Gasteiger partial charge in [0.2, 0.25) is 9.84 Å². The van der Waals surface area contributed by atoms with Crippen LogP contribution in [0, 0.1) is 0 Å². The van der Waals surface area contributed by atoms with Gasteiger partial charge in [-0.3, -0.25) is 0 Å². The van der Waals surface area contributed by atoms with Crippen LogP contribution in [0.4, 0.5) is 5.69 Å². The van der Waals surface area contributed by atoms with Crippen LogP contribution < -0.4 is 5.32 Å². The molecule has 0 heterocycles. The van der Waals surface area contributed by atoms with Crippen molar-refractivity contribution in [2.24, 2.45) is 0 Å². The van der Waals surface area contributed by atoms with E-state index in [1.807, 2.05) is 0 Å². The van der Waals surface area contributed by atoms with Crippen molar-refractivity contribution in [2.75, 3.05) is 12.4 Å². The normalized spacial score (nSPS) is 11.3. The zero-order valence-corrected chi connectivity index (χ0v) is 13.2. The Morgan fingerprint density at radius 1 is 1.11 bits per heavy atom. The summed E-state index contributed by atoms with van der Waals surface area (Å²) < 4.78 is 25.8. The molecule has 0 radical (unpaired) electrons. The molecule has 2 aromatic carbocycles. The molecule has 0 aromatic heterocycles. The van der Waals surface area contributed by atoms with E-state index in [0.29, 0.717) is 15.2 Å². The summed E-state index contributed by atoms with van der Waals surface area (Å²) in [6.45, 7) is 0. The van der Waals surface area contributed by atoms with E-state index in [2.05, 4.69) is 21.2 Å². The predicted molar refractivity (Wildman–Crippen MR) is 80.6 cm³/mol. The van der Waals surface area contributed by atoms with E-state index >= 15 is 0 Å². The van der Waals surface area contributed by atoms with Crippen LogP contribution in [0.25, 0.3) is 0 Å². The highest BCUT2D eigenvalue weighted by atomic mass is 79.9. The van der Waals surface area contributed by atoms with Gasteiger partial charge in [0.25, 0.3) is 0 Å². The Bertz CT molecular complexity index is 716. The van der Waals surface area contributed by atoms with Crippen molar-refractivity contribution in [3.05, 3.63) is 52.0 Å². The summed E-state index contributed by atoms with van der Waals surface area (Å²) in [6.07, 6.45) is 0. The van der Waals surface area contributed by atoms with Gasteiger partial charge in [-0.2, -0.15) is 0 Å². The van der Waals surface area contributed by atoms with Gasteiger partial charge in [-0.25, -0.2) is 8.42 Å². The van der Waals surface area contributed by atoms with Crippen LogP contribution in [0.5, 0.6) is 0 Å². The molecule has 6 heteroatoms. The Balaban J connectivity index is 2.70. The first kappa shape index (κ1) is 14.4. The van der Waals surface area contributed by atoms with Crippen LogP contribution in [-0.4, -0.2) is 15.5 Å². The van der Waals surface area contributed by atoms with Gasteiger partial charge in [-0.1, -0.05) is 23.7 Å². The highest BCUT2D eigenvalue weighted by Crippen LogP contribution is 2.33. The van der Waals surface area contributed by atoms with E-state index < -0.39 is 9.84 Å². The first-order valence-electron chi connectivity index (χ1n) is 5.43. The van der Waals surface area contributed by atoms with E-state index in [4.69, 9.17) is 11.6 Å². The standard InChI is InChI=1S/C13H11BrClNO2S/c1-16-11-7-6-9(15)8-13(11)19(17,18)12-5-3-2-4-10(12)14/h2-8,16H,1H3. The predicted octanol–water partition coefficient (Wildman–Crippen LogP) is 3.98. The maximum absolute atomic E-state index is 12.7. The first-order chi connectivity index (χ1) is 8.96. The third kappa shape index (κ3) is 2.78. The molecule has 0 fully saturated rings. The van der Waals surface area contributed by atoms with Crippen LogP contribution in [0.1, 0.15) is 0 Å². The van der Waals surface area contributed by atoms with E-state index in [0.717, 1.165) is 0 Å². The molecule has 19 heavy (non-hydrogen) atoms. The number of nitrogens with one attached hydrogen (secondary N) is 1. The van der Waals surface area contributed by atoms with Crippen molar-refractivity contribution in [3.63, 3.8) is 0 Å². The van der Waals surface area contributed by atoms with Gasteiger partial charge in [0, 0.05) is 16.5 Å². The lowest BCUT2D eigenvalue weighted by Gasteiger charge is -2.11. The first-order valence-corrected chi connectivity index (χ1v) is 8.09. The van der Waals surface area contributed by atoms with Crippen LogP contribution in [-0.2, 0) is 9.84 Å². The van der Waals surface area contributed by atoms with E-state index in [-0.39, 0.29) is 9.79 Å². The number of anilines is 1. The zero-order valence-electron chi connectivity index (χ0n) is 10.0. The Morgan fingerprint density at radius 2 is 1.79 bits per heavy atom. The average molecular weight is 361 g/mol. The number of rotatable bonds is 3. The fourth-order valence-corrected chi connectivity index (χ4v) is 4.43. The highest BCUT2D eigenvalue weighted by molar-refractivity contribution is 9.10. The summed E-state index contributed by atoms with van der Waals surface area (Å²) in [5.41, 5.74) is 0.514. The summed E-state index contributed by atoms with van der Waals surface area (Å²) in [5, 5.41) is 3.24. The smallest absolute Gasteiger partial charge is 0.209 e. The van der Waals surface area contributed by atoms with E-state index in [1.165, 1.54) is 6.07 Å². The second-order valence-corrected chi connectivity index (χ2v) is 7.00. The molecule has 0 saturated heterocycles. The number of hydrogen-bond donors (Lipinski definition) is 1. The summed E-state index contributed by atoms with van der Waals surface area (Å²) in [4.78, 5) is 0.378. The summed E-state index contributed by atoms with van der Waals surface area (Å²) in [7, 11) is -1.96. The molecule has 0 atom stereocenters. The highest BCUT2D eigenvalue weighted by Gasteiger charge is 2.23. The Labute approximate surface area is 125 Å². The molecule has 2 aromatic rings. The number of hydrogen-bond acceptors (Lipinski definition) is 3. The molecule has 0 bridgehead atoms. The maximum Gasteiger partial charge on any atom is 0.209 e. The number of benzene rings is 2. The molecule has 0 unspecified atom stereocenters. The van der Waals surface area contributed by atoms with Crippen molar-refractivity contribution in [1.82, 2.24) is 0 Å². The largest absolute Gasteiger partial charge is 0.387 e. The van der Waals surface area contributed by atoms with Gasteiger partial charge in [-0.15, -0.1) is 0 Å². The van der Waals surface area contributed by atoms with Gasteiger partial charge in [0.1, 0.15) is 0 Å². The van der Waals surface area contributed by atoms with Crippen LogP contribution in [0.15, 0.2) is 56.7 Å². The van der Waals surface area contributed by atoms with Crippen molar-refractivity contribution in [1.29, 1.82) is 0 Å². The lowest BCUT2D eigenvalue weighted by molar-refractivity contribution is 0.596. The van der Waals surface area contributed by atoms with E-state index in [1.54, 1.807) is 43.4 Å². The molecule has 0 aliphatic heterocycles. The molecule has 1 N–H and O–H groups in total. The number of sulfone groups is 1. The minimum absolute atomic E-state index is 0.161. The molecule has 3 nitrogen and oxygen atoms in total. The molecule has 0 saturated carbocycles. The fraction of sp³-hybridized carbons (Fsp3) is 0.0769. The Hall–Kier alpha value is -1.04. The average Bonchev–Trinajstić information content (AvgIpc) is 2.39. The maximum atomic E-state index is 12.7. The monoisotopic (exact) mass is 359 g/mol. The Kier molecular flexibility index (Phi) is 4.18. The van der Waals surface area contributed by atoms with Crippen molar-refractivity contribution in [3.8, 4) is 0 Å². The summed E-state index contributed by atoms with van der Waals surface area (Å²) in [6, 6.07) is 11.4. The van der Waals surface area contributed by atoms with Crippen molar-refractivity contribution in [2.45, 2.75) is 9.79 Å². The molecule has 0 aliphatic rings. The fourth-order valence-electron chi connectivity index (χ4n) is 1.71. The molecule has 0 amide bonds. The van der Waals surface area contributed by atoms with Gasteiger partial charge >= 0.3 is 0 Å². The lowest BCUT2D eigenvalue weighted by Crippen LogP contribution is -2.06. The van der Waals surface area contributed by atoms with Crippen molar-refractivity contribution >= 4 is 43.1 Å². The lowest BCUT2D eigenvalue weighted by atomic mass is 10.3. The van der Waals surface area contributed by atoms with Gasteiger partial charge in [-0.05, 0) is 46.3 Å². The minimum Gasteiger partial charge on any atom is -0.387 e. The van der Waals surface area contributed by atoms with Gasteiger partial charge < -0.3 is 5.32 Å². The molecular weight excluding hydrogens is 350 g/mol. The zero-order chi connectivity index (χ0) is 14.0. The summed E-state index contributed by atoms with van der Waals surface area (Å²) in [5.74, 6) is 0. The van der Waals surface area contributed by atoms with Gasteiger partial charge in [0.15, 0.2) is 0 Å². The van der Waals surface area contributed by atoms with Crippen molar-refractivity contribution < 1.29 is 8.42 Å². The molecule has 100 valence electrons. The molecule has 0 spiro atoms.